The summed E-state index contributed by atoms with van der Waals surface area (Å²) in [6.07, 6.45) is 9.61. The molecule has 1 spiro atoms. The molecule has 0 radical (unpaired) electrons. The molecule has 10 atom stereocenters. The second-order valence-corrected chi connectivity index (χ2v) is 10.8. The van der Waals surface area contributed by atoms with Gasteiger partial charge < -0.3 is 4.74 Å². The van der Waals surface area contributed by atoms with E-state index >= 15 is 0 Å². The smallest absolute Gasteiger partial charge is 0.155 e. The number of carbonyl (C=O) groups excluding carboxylic acids is 1. The Bertz CT molecular complexity index is 717. The average Bonchev–Trinajstić information content (AvgIpc) is 3.41. The number of ketones is 1. The van der Waals surface area contributed by atoms with Crippen LogP contribution in [-0.4, -0.2) is 18.0 Å². The van der Waals surface area contributed by atoms with Crippen LogP contribution in [0, 0.1) is 52.3 Å². The van der Waals surface area contributed by atoms with Crippen molar-refractivity contribution in [1.82, 2.24) is 0 Å². The Labute approximate surface area is 144 Å². The van der Waals surface area contributed by atoms with Gasteiger partial charge in [-0.3, -0.25) is 4.79 Å². The molecule has 2 heteroatoms. The number of epoxide rings is 1. The summed E-state index contributed by atoms with van der Waals surface area (Å²) in [6.45, 7) is 6.19. The van der Waals surface area contributed by atoms with Gasteiger partial charge in [-0.05, 0) is 85.0 Å². The van der Waals surface area contributed by atoms with Gasteiger partial charge in [-0.25, -0.2) is 0 Å². The van der Waals surface area contributed by atoms with Gasteiger partial charge in [-0.1, -0.05) is 19.4 Å². The van der Waals surface area contributed by atoms with Gasteiger partial charge >= 0.3 is 0 Å². The Hall–Kier alpha value is -0.630. The number of allylic oxidation sites excluding steroid dienone is 1. The summed E-state index contributed by atoms with van der Waals surface area (Å²) in [5.41, 5.74) is 2.69. The first-order valence-corrected chi connectivity index (χ1v) is 10.4. The lowest BCUT2D eigenvalue weighted by Crippen LogP contribution is -2.54. The highest BCUT2D eigenvalue weighted by molar-refractivity contribution is 5.92. The highest BCUT2D eigenvalue weighted by Gasteiger charge is 2.83. The van der Waals surface area contributed by atoms with Gasteiger partial charge in [0.1, 0.15) is 5.60 Å². The van der Waals surface area contributed by atoms with Crippen LogP contribution in [0.1, 0.15) is 52.4 Å². The van der Waals surface area contributed by atoms with Gasteiger partial charge in [-0.15, -0.1) is 0 Å². The van der Waals surface area contributed by atoms with E-state index in [1.54, 1.807) is 5.57 Å². The first-order valence-electron chi connectivity index (χ1n) is 10.4. The van der Waals surface area contributed by atoms with E-state index in [1.807, 2.05) is 0 Å². The highest BCUT2D eigenvalue weighted by Crippen LogP contribution is 2.83. The summed E-state index contributed by atoms with van der Waals surface area (Å²) >= 11 is 0. The maximum absolute atomic E-state index is 12.1. The third kappa shape index (κ3) is 1.22. The van der Waals surface area contributed by atoms with E-state index in [1.165, 1.54) is 25.7 Å². The number of rotatable bonds is 0. The predicted octanol–water partition coefficient (Wildman–Crippen LogP) is 4.00. The van der Waals surface area contributed by atoms with E-state index in [0.717, 1.165) is 60.9 Å². The lowest BCUT2D eigenvalue weighted by molar-refractivity contribution is -0.118. The number of carbonyl (C=O) groups is 1. The van der Waals surface area contributed by atoms with E-state index in [4.69, 9.17) is 4.74 Å². The molecule has 0 aromatic heterocycles. The van der Waals surface area contributed by atoms with Crippen LogP contribution in [0.2, 0.25) is 0 Å². The third-order valence-electron chi connectivity index (χ3n) is 10.3. The molecule has 5 saturated carbocycles. The fourth-order valence-electron chi connectivity index (χ4n) is 9.11. The number of hydrogen-bond donors (Lipinski definition) is 0. The standard InChI is InChI=1S/C22H28O2/c1-20-5-3-11(23)7-16(20)12-8-13(12)18-15(20)4-6-21(2)19(18)14-9-17(14)22(21)10-24-22/h7,12-15,17-19H,3-6,8-10H2,1-2H3/t12-,13+,14?,15?,17+,18?,19?,20-,21+,22+/m1/s1. The summed E-state index contributed by atoms with van der Waals surface area (Å²) in [5, 5.41) is 0. The lowest BCUT2D eigenvalue weighted by atomic mass is 9.46. The largest absolute Gasteiger partial charge is 0.369 e. The Morgan fingerprint density at radius 2 is 1.96 bits per heavy atom. The molecular formula is C22H28O2. The molecule has 1 heterocycles. The van der Waals surface area contributed by atoms with Crippen LogP contribution in [0.5, 0.6) is 0 Å². The van der Waals surface area contributed by atoms with Crippen molar-refractivity contribution < 1.29 is 9.53 Å². The summed E-state index contributed by atoms with van der Waals surface area (Å²) in [7, 11) is 0. The van der Waals surface area contributed by atoms with Crippen LogP contribution in [0.4, 0.5) is 0 Å². The third-order valence-corrected chi connectivity index (χ3v) is 10.3. The fraction of sp³-hybridized carbons (Fsp3) is 0.864. The van der Waals surface area contributed by atoms with E-state index in [0.29, 0.717) is 22.2 Å². The highest BCUT2D eigenvalue weighted by atomic mass is 16.6. The van der Waals surface area contributed by atoms with Crippen LogP contribution in [0.25, 0.3) is 0 Å². The summed E-state index contributed by atoms with van der Waals surface area (Å²) in [4.78, 5) is 12.1. The molecule has 1 saturated heterocycles. The second-order valence-electron chi connectivity index (χ2n) is 10.8. The zero-order valence-corrected chi connectivity index (χ0v) is 14.9. The molecule has 6 aliphatic carbocycles. The number of ether oxygens (including phenoxy) is 1. The monoisotopic (exact) mass is 324 g/mol. The van der Waals surface area contributed by atoms with E-state index in [-0.39, 0.29) is 0 Å². The van der Waals surface area contributed by atoms with Crippen molar-refractivity contribution >= 4 is 5.78 Å². The Kier molecular flexibility index (Phi) is 2.03. The maximum atomic E-state index is 12.1. The zero-order valence-electron chi connectivity index (χ0n) is 14.9. The fourth-order valence-corrected chi connectivity index (χ4v) is 9.11. The van der Waals surface area contributed by atoms with Crippen LogP contribution in [0.15, 0.2) is 11.6 Å². The summed E-state index contributed by atoms with van der Waals surface area (Å²) < 4.78 is 6.20. The minimum Gasteiger partial charge on any atom is -0.369 e. The summed E-state index contributed by atoms with van der Waals surface area (Å²) in [5.74, 6) is 6.65. The molecule has 1 aliphatic heterocycles. The molecule has 24 heavy (non-hydrogen) atoms. The molecule has 0 bridgehead atoms. The zero-order chi connectivity index (χ0) is 16.1. The van der Waals surface area contributed by atoms with E-state index in [9.17, 15) is 4.79 Å². The van der Waals surface area contributed by atoms with Crippen molar-refractivity contribution in [3.63, 3.8) is 0 Å². The van der Waals surface area contributed by atoms with Gasteiger partial charge in [0, 0.05) is 11.8 Å². The molecule has 4 unspecified atom stereocenters. The molecule has 0 aromatic rings. The maximum Gasteiger partial charge on any atom is 0.155 e. The average molecular weight is 324 g/mol. The Balaban J connectivity index is 1.36. The molecule has 7 rings (SSSR count). The topological polar surface area (TPSA) is 29.6 Å². The minimum atomic E-state index is 0.303. The van der Waals surface area contributed by atoms with Gasteiger partial charge in [0.15, 0.2) is 5.78 Å². The molecule has 0 amide bonds. The Morgan fingerprint density at radius 3 is 2.75 bits per heavy atom. The SMILES string of the molecule is C[C@]12CCC(=O)C=C1[C@@H]1C[C@@H]1C1C2CC[C@@]2(C)C1C1C[C@@H]1[C@@]21CO1. The van der Waals surface area contributed by atoms with Crippen molar-refractivity contribution in [3.8, 4) is 0 Å². The van der Waals surface area contributed by atoms with Crippen molar-refractivity contribution in [1.29, 1.82) is 0 Å². The molecule has 128 valence electrons. The first kappa shape index (κ1) is 13.6. The van der Waals surface area contributed by atoms with Gasteiger partial charge in [-0.2, -0.15) is 0 Å². The Morgan fingerprint density at radius 1 is 1.12 bits per heavy atom. The molecule has 6 fully saturated rings. The van der Waals surface area contributed by atoms with Crippen molar-refractivity contribution in [2.75, 3.05) is 6.61 Å². The second kappa shape index (κ2) is 3.59. The summed E-state index contributed by atoms with van der Waals surface area (Å²) in [6, 6.07) is 0. The van der Waals surface area contributed by atoms with Crippen LogP contribution in [-0.2, 0) is 9.53 Å². The van der Waals surface area contributed by atoms with Crippen molar-refractivity contribution in [2.24, 2.45) is 52.3 Å². The van der Waals surface area contributed by atoms with Crippen LogP contribution in [0.3, 0.4) is 0 Å². The number of hydrogen-bond acceptors (Lipinski definition) is 2. The van der Waals surface area contributed by atoms with E-state index < -0.39 is 0 Å². The van der Waals surface area contributed by atoms with Crippen molar-refractivity contribution in [2.45, 2.75) is 58.0 Å². The predicted molar refractivity (Wildman–Crippen MR) is 90.1 cm³/mol. The van der Waals surface area contributed by atoms with Crippen LogP contribution >= 0.6 is 0 Å². The quantitative estimate of drug-likeness (QED) is 0.630. The lowest BCUT2D eigenvalue weighted by Gasteiger charge is -2.58. The molecular weight excluding hydrogens is 296 g/mol. The van der Waals surface area contributed by atoms with Crippen LogP contribution < -0.4 is 0 Å². The molecule has 0 N–H and O–H groups in total. The van der Waals surface area contributed by atoms with E-state index in [2.05, 4.69) is 19.9 Å². The van der Waals surface area contributed by atoms with Gasteiger partial charge in [0.25, 0.3) is 0 Å². The molecule has 7 aliphatic rings. The molecule has 2 nitrogen and oxygen atoms in total. The minimum absolute atomic E-state index is 0.303. The number of fused-ring (bicyclic) bond motifs is 12. The first-order chi connectivity index (χ1) is 11.5. The van der Waals surface area contributed by atoms with Gasteiger partial charge in [0.2, 0.25) is 0 Å². The van der Waals surface area contributed by atoms with Gasteiger partial charge in [0.05, 0.1) is 6.61 Å². The molecule has 0 aromatic carbocycles. The van der Waals surface area contributed by atoms with Crippen molar-refractivity contribution in [3.05, 3.63) is 11.6 Å². The normalized spacial score (nSPS) is 67.5.